The molecule has 300 valence electrons. The van der Waals surface area contributed by atoms with E-state index in [4.69, 9.17) is 4.74 Å². The maximum absolute atomic E-state index is 6.40. The van der Waals surface area contributed by atoms with Gasteiger partial charge in [0, 0.05) is 47.9 Å². The Morgan fingerprint density at radius 1 is 0.375 bits per heavy atom. The van der Waals surface area contributed by atoms with Crippen molar-refractivity contribution >= 4 is 70.4 Å². The van der Waals surface area contributed by atoms with Crippen LogP contribution in [0.3, 0.4) is 0 Å². The summed E-state index contributed by atoms with van der Waals surface area (Å²) in [6, 6.07) is 83.5. The van der Waals surface area contributed by atoms with Gasteiger partial charge in [-0.25, -0.2) is 0 Å². The Morgan fingerprint density at radius 2 is 0.953 bits per heavy atom. The van der Waals surface area contributed by atoms with Gasteiger partial charge in [0.2, 0.25) is 0 Å². The molecule has 3 heterocycles. The van der Waals surface area contributed by atoms with Gasteiger partial charge in [0.05, 0.1) is 22.4 Å². The minimum Gasteiger partial charge on any atom is -0.453 e. The molecule has 12 aromatic rings. The van der Waals surface area contributed by atoms with Crippen LogP contribution in [0, 0.1) is 0 Å². The van der Waals surface area contributed by atoms with Gasteiger partial charge >= 0.3 is 0 Å². The SMILES string of the molecule is c1ccc(-c2ccc(N(c3ccc(-c4ccc5c(c4)c4cccc6c4n5-c4ccccc4O6)cc3)c3ccc(-c4cccc5c4sc4ccccc45)cc3)c(-c3ccccc3)c2)cc1. The molecule has 0 fully saturated rings. The number of rotatable bonds is 7. The van der Waals surface area contributed by atoms with Crippen LogP contribution in [0.1, 0.15) is 0 Å². The number of hydrogen-bond acceptors (Lipinski definition) is 3. The predicted molar refractivity (Wildman–Crippen MR) is 270 cm³/mol. The molecule has 0 N–H and O–H groups in total. The number of fused-ring (bicyclic) bond motifs is 8. The Kier molecular flexibility index (Phi) is 8.40. The van der Waals surface area contributed by atoms with Crippen LogP contribution in [0.25, 0.3) is 92.2 Å². The quantitative estimate of drug-likeness (QED) is 0.159. The summed E-state index contributed by atoms with van der Waals surface area (Å²) in [5, 5.41) is 5.01. The van der Waals surface area contributed by atoms with E-state index in [2.05, 4.69) is 228 Å². The molecule has 0 radical (unpaired) electrons. The normalized spacial score (nSPS) is 11.9. The molecule has 0 saturated heterocycles. The van der Waals surface area contributed by atoms with Crippen LogP contribution < -0.4 is 9.64 Å². The summed E-state index contributed by atoms with van der Waals surface area (Å²) >= 11 is 1.87. The molecule has 1 aliphatic rings. The first-order valence-corrected chi connectivity index (χ1v) is 22.6. The fraction of sp³-hybridized carbons (Fsp3) is 0. The number of hydrogen-bond donors (Lipinski definition) is 0. The number of nitrogens with zero attached hydrogens (tertiary/aromatic N) is 2. The molecule has 0 saturated carbocycles. The number of benzene rings is 10. The smallest absolute Gasteiger partial charge is 0.152 e. The van der Waals surface area contributed by atoms with Crippen molar-refractivity contribution in [2.24, 2.45) is 0 Å². The van der Waals surface area contributed by atoms with Gasteiger partial charge in [0.1, 0.15) is 0 Å². The molecule has 0 amide bonds. The molecule has 2 aromatic heterocycles. The Bertz CT molecular complexity index is 3740. The molecule has 0 atom stereocenters. The van der Waals surface area contributed by atoms with Crippen LogP contribution in [0.4, 0.5) is 17.1 Å². The van der Waals surface area contributed by atoms with Gasteiger partial charge in [0.25, 0.3) is 0 Å². The Morgan fingerprint density at radius 3 is 1.77 bits per heavy atom. The second-order valence-electron chi connectivity index (χ2n) is 16.5. The van der Waals surface area contributed by atoms with Crippen LogP contribution in [0.2, 0.25) is 0 Å². The standard InChI is InChI=1S/C60H38N2OS/c1-3-13-39(14-4-1)43-29-35-53(51(37-43)41-15-5-2-6-16-41)61(46-33-27-42(28-34-46)47-18-11-20-50-48-17-7-10-24-58(48)64-60(47)50)45-31-25-40(26-32-45)44-30-36-54-52(38-44)49-19-12-23-57-59(49)62(54)55-21-8-9-22-56(55)63-57/h1-38H. The topological polar surface area (TPSA) is 17.4 Å². The third-order valence-electron chi connectivity index (χ3n) is 12.8. The van der Waals surface area contributed by atoms with Crippen molar-refractivity contribution in [3.63, 3.8) is 0 Å². The number of para-hydroxylation sites is 3. The Hall–Kier alpha value is -8.18. The lowest BCUT2D eigenvalue weighted by Gasteiger charge is -2.29. The van der Waals surface area contributed by atoms with Gasteiger partial charge in [-0.05, 0) is 112 Å². The molecule has 0 spiro atoms. The molecular weight excluding hydrogens is 797 g/mol. The van der Waals surface area contributed by atoms with E-state index >= 15 is 0 Å². The second-order valence-corrected chi connectivity index (χ2v) is 17.5. The van der Waals surface area contributed by atoms with Gasteiger partial charge in [-0.15, -0.1) is 11.3 Å². The van der Waals surface area contributed by atoms with Gasteiger partial charge in [-0.1, -0.05) is 158 Å². The fourth-order valence-electron chi connectivity index (χ4n) is 9.78. The predicted octanol–water partition coefficient (Wildman–Crippen LogP) is 17.4. The van der Waals surface area contributed by atoms with E-state index in [-0.39, 0.29) is 0 Å². The number of ether oxygens (including phenoxy) is 1. The van der Waals surface area contributed by atoms with Crippen molar-refractivity contribution < 1.29 is 4.74 Å². The maximum Gasteiger partial charge on any atom is 0.152 e. The van der Waals surface area contributed by atoms with Crippen molar-refractivity contribution in [2.45, 2.75) is 0 Å². The Labute approximate surface area is 374 Å². The zero-order chi connectivity index (χ0) is 42.1. The Balaban J connectivity index is 0.946. The highest BCUT2D eigenvalue weighted by molar-refractivity contribution is 7.26. The van der Waals surface area contributed by atoms with Gasteiger partial charge < -0.3 is 14.2 Å². The van der Waals surface area contributed by atoms with Crippen LogP contribution in [-0.4, -0.2) is 4.57 Å². The summed E-state index contributed by atoms with van der Waals surface area (Å²) < 4.78 is 11.4. The molecule has 13 rings (SSSR count). The summed E-state index contributed by atoms with van der Waals surface area (Å²) in [4.78, 5) is 2.41. The molecular formula is C60H38N2OS. The number of thiophene rings is 1. The van der Waals surface area contributed by atoms with Crippen LogP contribution in [0.5, 0.6) is 11.5 Å². The van der Waals surface area contributed by atoms with E-state index in [1.54, 1.807) is 0 Å². The molecule has 1 aliphatic heterocycles. The average molecular weight is 835 g/mol. The van der Waals surface area contributed by atoms with Gasteiger partial charge in [-0.2, -0.15) is 0 Å². The second kappa shape index (κ2) is 14.7. The molecule has 4 heteroatoms. The third kappa shape index (κ3) is 5.88. The third-order valence-corrected chi connectivity index (χ3v) is 14.0. The molecule has 0 aliphatic carbocycles. The first-order valence-electron chi connectivity index (χ1n) is 21.7. The summed E-state index contributed by atoms with van der Waals surface area (Å²) in [5.74, 6) is 1.76. The minimum atomic E-state index is 0.873. The largest absolute Gasteiger partial charge is 0.453 e. The first-order chi connectivity index (χ1) is 31.7. The summed E-state index contributed by atoms with van der Waals surface area (Å²) in [6.45, 7) is 0. The molecule has 0 unspecified atom stereocenters. The molecule has 3 nitrogen and oxygen atoms in total. The van der Waals surface area contributed by atoms with E-state index in [9.17, 15) is 0 Å². The number of anilines is 3. The summed E-state index contributed by atoms with van der Waals surface area (Å²) in [7, 11) is 0. The van der Waals surface area contributed by atoms with E-state index in [0.29, 0.717) is 0 Å². The van der Waals surface area contributed by atoms with Crippen LogP contribution in [0.15, 0.2) is 231 Å². The van der Waals surface area contributed by atoms with E-state index in [0.717, 1.165) is 56.5 Å². The fourth-order valence-corrected chi connectivity index (χ4v) is 11.0. The average Bonchev–Trinajstić information content (AvgIpc) is 3.92. The number of aromatic nitrogens is 1. The van der Waals surface area contributed by atoms with Crippen molar-refractivity contribution in [3.8, 4) is 61.7 Å². The lowest BCUT2D eigenvalue weighted by atomic mass is 9.96. The molecule has 64 heavy (non-hydrogen) atoms. The highest BCUT2D eigenvalue weighted by atomic mass is 32.1. The van der Waals surface area contributed by atoms with Gasteiger partial charge in [-0.3, -0.25) is 0 Å². The van der Waals surface area contributed by atoms with E-state index in [1.807, 2.05) is 23.5 Å². The van der Waals surface area contributed by atoms with Crippen LogP contribution in [-0.2, 0) is 0 Å². The molecule has 0 bridgehead atoms. The zero-order valence-corrected chi connectivity index (χ0v) is 35.5. The lowest BCUT2D eigenvalue weighted by molar-refractivity contribution is 0.476. The highest BCUT2D eigenvalue weighted by Gasteiger charge is 2.24. The summed E-state index contributed by atoms with van der Waals surface area (Å²) in [6.07, 6.45) is 0. The summed E-state index contributed by atoms with van der Waals surface area (Å²) in [5.41, 5.74) is 16.1. The van der Waals surface area contributed by atoms with Crippen molar-refractivity contribution in [1.82, 2.24) is 4.57 Å². The van der Waals surface area contributed by atoms with Crippen molar-refractivity contribution in [3.05, 3.63) is 231 Å². The minimum absolute atomic E-state index is 0.873. The highest BCUT2D eigenvalue weighted by Crippen LogP contribution is 2.48. The van der Waals surface area contributed by atoms with E-state index in [1.165, 1.54) is 64.3 Å². The van der Waals surface area contributed by atoms with Gasteiger partial charge in [0.15, 0.2) is 11.5 Å². The maximum atomic E-state index is 6.40. The monoisotopic (exact) mass is 834 g/mol. The molecule has 10 aromatic carbocycles. The zero-order valence-electron chi connectivity index (χ0n) is 34.7. The van der Waals surface area contributed by atoms with Crippen LogP contribution >= 0.6 is 11.3 Å². The lowest BCUT2D eigenvalue weighted by Crippen LogP contribution is -2.11. The first kappa shape index (κ1) is 36.5. The van der Waals surface area contributed by atoms with Crippen molar-refractivity contribution in [1.29, 1.82) is 0 Å². The van der Waals surface area contributed by atoms with Crippen molar-refractivity contribution in [2.75, 3.05) is 4.90 Å². The van der Waals surface area contributed by atoms with E-state index < -0.39 is 0 Å².